The summed E-state index contributed by atoms with van der Waals surface area (Å²) in [7, 11) is 0. The third-order valence-corrected chi connectivity index (χ3v) is 5.15. The first kappa shape index (κ1) is 22.6. The molecule has 3 aromatic carbocycles. The maximum Gasteiger partial charge on any atom is 0.262 e. The van der Waals surface area contributed by atoms with Crippen LogP contribution in [0, 0.1) is 0 Å². The van der Waals surface area contributed by atoms with Gasteiger partial charge in [-0.25, -0.2) is 0 Å². The van der Waals surface area contributed by atoms with Crippen molar-refractivity contribution in [1.82, 2.24) is 0 Å². The highest BCUT2D eigenvalue weighted by Crippen LogP contribution is 2.23. The van der Waals surface area contributed by atoms with Crippen molar-refractivity contribution in [3.8, 4) is 5.75 Å². The molecule has 0 spiro atoms. The predicted molar refractivity (Wildman–Crippen MR) is 128 cm³/mol. The fraction of sp³-hybridized carbons (Fsp3) is 0.200. The number of hydrogen-bond donors (Lipinski definition) is 2. The molecule has 31 heavy (non-hydrogen) atoms. The van der Waals surface area contributed by atoms with Gasteiger partial charge in [-0.3, -0.25) is 9.59 Å². The molecule has 160 valence electrons. The van der Waals surface area contributed by atoms with Crippen LogP contribution in [0.25, 0.3) is 0 Å². The molecule has 5 nitrogen and oxygen atoms in total. The number of rotatable bonds is 6. The van der Waals surface area contributed by atoms with E-state index in [0.29, 0.717) is 22.7 Å². The Kier molecular flexibility index (Phi) is 7.13. The Morgan fingerprint density at radius 2 is 1.35 bits per heavy atom. The predicted octanol–water partition coefficient (Wildman–Crippen LogP) is 6.02. The highest BCUT2D eigenvalue weighted by atomic mass is 79.9. The first-order chi connectivity index (χ1) is 14.7. The average Bonchev–Trinajstić information content (AvgIpc) is 2.74. The Hall–Kier alpha value is -3.12. The fourth-order valence-corrected chi connectivity index (χ4v) is 3.10. The number of hydrogen-bond acceptors (Lipinski definition) is 3. The van der Waals surface area contributed by atoms with Crippen molar-refractivity contribution in [3.05, 3.63) is 88.4 Å². The lowest BCUT2D eigenvalue weighted by atomic mass is 9.87. The normalized spacial score (nSPS) is 11.0. The highest BCUT2D eigenvalue weighted by Gasteiger charge is 2.14. The summed E-state index contributed by atoms with van der Waals surface area (Å²) < 4.78 is 6.40. The van der Waals surface area contributed by atoms with E-state index >= 15 is 0 Å². The van der Waals surface area contributed by atoms with Gasteiger partial charge >= 0.3 is 0 Å². The van der Waals surface area contributed by atoms with E-state index in [1.54, 1.807) is 36.4 Å². The molecule has 0 radical (unpaired) electrons. The van der Waals surface area contributed by atoms with Gasteiger partial charge in [-0.1, -0.05) is 48.8 Å². The molecule has 3 aromatic rings. The van der Waals surface area contributed by atoms with Crippen LogP contribution in [0.15, 0.2) is 77.3 Å². The van der Waals surface area contributed by atoms with Crippen LogP contribution in [0.5, 0.6) is 5.75 Å². The third-order valence-electron chi connectivity index (χ3n) is 4.62. The summed E-state index contributed by atoms with van der Waals surface area (Å²) in [5.41, 5.74) is 3.08. The van der Waals surface area contributed by atoms with E-state index in [1.165, 1.54) is 5.56 Å². The average molecular weight is 481 g/mol. The first-order valence-electron chi connectivity index (χ1n) is 9.91. The van der Waals surface area contributed by atoms with E-state index in [2.05, 4.69) is 47.3 Å². The van der Waals surface area contributed by atoms with Crippen molar-refractivity contribution in [2.45, 2.75) is 26.2 Å². The number of nitrogens with one attached hydrogen (secondary N) is 2. The molecule has 0 saturated carbocycles. The topological polar surface area (TPSA) is 67.4 Å². The van der Waals surface area contributed by atoms with Gasteiger partial charge in [0, 0.05) is 21.4 Å². The third kappa shape index (κ3) is 6.69. The first-order valence-corrected chi connectivity index (χ1v) is 10.7. The van der Waals surface area contributed by atoms with Crippen molar-refractivity contribution in [1.29, 1.82) is 0 Å². The minimum Gasteiger partial charge on any atom is -0.484 e. The van der Waals surface area contributed by atoms with Crippen LogP contribution in [0.2, 0.25) is 0 Å². The molecular weight excluding hydrogens is 456 g/mol. The van der Waals surface area contributed by atoms with Gasteiger partial charge in [0.1, 0.15) is 5.75 Å². The van der Waals surface area contributed by atoms with Crippen LogP contribution >= 0.6 is 15.9 Å². The van der Waals surface area contributed by atoms with Gasteiger partial charge in [0.05, 0.1) is 0 Å². The van der Waals surface area contributed by atoms with Crippen molar-refractivity contribution >= 4 is 39.1 Å². The minimum atomic E-state index is -0.265. The molecule has 0 bridgehead atoms. The molecule has 0 saturated heterocycles. The molecule has 0 heterocycles. The molecule has 0 aromatic heterocycles. The summed E-state index contributed by atoms with van der Waals surface area (Å²) in [5.74, 6) is 0.172. The lowest BCUT2D eigenvalue weighted by molar-refractivity contribution is -0.118. The van der Waals surface area contributed by atoms with Crippen LogP contribution < -0.4 is 15.4 Å². The fourth-order valence-electron chi connectivity index (χ4n) is 2.84. The lowest BCUT2D eigenvalue weighted by Crippen LogP contribution is -2.20. The van der Waals surface area contributed by atoms with E-state index < -0.39 is 0 Å². The molecule has 0 aliphatic rings. The molecular formula is C25H25BrN2O3. The van der Waals surface area contributed by atoms with Gasteiger partial charge in [-0.2, -0.15) is 0 Å². The summed E-state index contributed by atoms with van der Waals surface area (Å²) in [6, 6.07) is 21.8. The van der Waals surface area contributed by atoms with Gasteiger partial charge in [0.2, 0.25) is 0 Å². The largest absolute Gasteiger partial charge is 0.484 e. The summed E-state index contributed by atoms with van der Waals surface area (Å²) in [6.07, 6.45) is 0. The van der Waals surface area contributed by atoms with E-state index in [-0.39, 0.29) is 23.8 Å². The molecule has 6 heteroatoms. The van der Waals surface area contributed by atoms with E-state index in [1.807, 2.05) is 36.4 Å². The van der Waals surface area contributed by atoms with Crippen molar-refractivity contribution in [3.63, 3.8) is 0 Å². The highest BCUT2D eigenvalue weighted by molar-refractivity contribution is 9.10. The smallest absolute Gasteiger partial charge is 0.262 e. The number of benzene rings is 3. The Balaban J connectivity index is 1.51. The maximum absolute atomic E-state index is 12.5. The molecule has 0 unspecified atom stereocenters. The quantitative estimate of drug-likeness (QED) is 0.453. The standard InChI is InChI=1S/C25H25BrN2O3/c1-25(2,3)18-6-4-17(5-7-18)24(30)28-21-12-10-20(11-13-21)27-23(29)16-31-22-14-8-19(26)9-15-22/h4-15H,16H2,1-3H3,(H,27,29)(H,28,30). The Labute approximate surface area is 191 Å². The number of amides is 2. The van der Waals surface area contributed by atoms with Crippen LogP contribution in [0.3, 0.4) is 0 Å². The van der Waals surface area contributed by atoms with Gasteiger partial charge in [0.25, 0.3) is 11.8 Å². The second-order valence-corrected chi connectivity index (χ2v) is 9.07. The Morgan fingerprint density at radius 3 is 1.90 bits per heavy atom. The molecule has 2 N–H and O–H groups in total. The van der Waals surface area contributed by atoms with Crippen molar-refractivity contribution in [2.75, 3.05) is 17.2 Å². The Bertz CT molecular complexity index is 1040. The maximum atomic E-state index is 12.5. The lowest BCUT2D eigenvalue weighted by Gasteiger charge is -2.19. The molecule has 2 amide bonds. The van der Waals surface area contributed by atoms with E-state index in [4.69, 9.17) is 4.74 Å². The van der Waals surface area contributed by atoms with Crippen LogP contribution in [-0.2, 0) is 10.2 Å². The Morgan fingerprint density at radius 1 is 0.806 bits per heavy atom. The van der Waals surface area contributed by atoms with E-state index in [0.717, 1.165) is 4.47 Å². The zero-order valence-electron chi connectivity index (χ0n) is 17.7. The summed E-state index contributed by atoms with van der Waals surface area (Å²) in [5, 5.41) is 5.64. The van der Waals surface area contributed by atoms with Crippen molar-refractivity contribution in [2.24, 2.45) is 0 Å². The van der Waals surface area contributed by atoms with Crippen LogP contribution in [0.1, 0.15) is 36.7 Å². The molecule has 0 fully saturated rings. The minimum absolute atomic E-state index is 0.0402. The summed E-state index contributed by atoms with van der Waals surface area (Å²) in [6.45, 7) is 6.31. The SMILES string of the molecule is CC(C)(C)c1ccc(C(=O)Nc2ccc(NC(=O)COc3ccc(Br)cc3)cc2)cc1. The molecule has 0 aliphatic carbocycles. The number of carbonyl (C=O) groups excluding carboxylic acids is 2. The van der Waals surface area contributed by atoms with Crippen molar-refractivity contribution < 1.29 is 14.3 Å². The van der Waals surface area contributed by atoms with Gasteiger partial charge < -0.3 is 15.4 Å². The van der Waals surface area contributed by atoms with Gasteiger partial charge in [-0.05, 0) is 71.6 Å². The molecule has 0 atom stereocenters. The summed E-state index contributed by atoms with van der Waals surface area (Å²) >= 11 is 3.35. The molecule has 3 rings (SSSR count). The van der Waals surface area contributed by atoms with E-state index in [9.17, 15) is 9.59 Å². The number of carbonyl (C=O) groups is 2. The monoisotopic (exact) mass is 480 g/mol. The zero-order valence-corrected chi connectivity index (χ0v) is 19.3. The zero-order chi connectivity index (χ0) is 22.4. The second kappa shape index (κ2) is 9.79. The van der Waals surface area contributed by atoms with Gasteiger partial charge in [0.15, 0.2) is 6.61 Å². The summed E-state index contributed by atoms with van der Waals surface area (Å²) in [4.78, 5) is 24.6. The second-order valence-electron chi connectivity index (χ2n) is 8.15. The number of anilines is 2. The number of ether oxygens (including phenoxy) is 1. The number of halogens is 1. The van der Waals surface area contributed by atoms with Crippen LogP contribution in [-0.4, -0.2) is 18.4 Å². The van der Waals surface area contributed by atoms with Gasteiger partial charge in [-0.15, -0.1) is 0 Å². The van der Waals surface area contributed by atoms with Crippen LogP contribution in [0.4, 0.5) is 11.4 Å². The molecule has 0 aliphatic heterocycles.